The third-order valence-electron chi connectivity index (χ3n) is 4.52. The quantitative estimate of drug-likeness (QED) is 0.659. The maximum atomic E-state index is 12.8. The molecule has 8 nitrogen and oxygen atoms in total. The number of sulfonamides is 1. The lowest BCUT2D eigenvalue weighted by Gasteiger charge is -2.34. The molecule has 1 aliphatic rings. The molecule has 1 atom stereocenters. The minimum Gasteiger partial charge on any atom is -0.480 e. The summed E-state index contributed by atoms with van der Waals surface area (Å²) < 4.78 is 31.7. The number of carboxylic acid groups (broad SMARTS) is 1. The zero-order chi connectivity index (χ0) is 19.9. The number of aliphatic carboxylic acids is 1. The van der Waals surface area contributed by atoms with E-state index in [-0.39, 0.29) is 31.4 Å². The lowest BCUT2D eigenvalue weighted by molar-refractivity contribution is -0.147. The average Bonchev–Trinajstić information content (AvgIpc) is 2.65. The fourth-order valence-corrected chi connectivity index (χ4v) is 4.77. The average molecular weight is 398 g/mol. The van der Waals surface area contributed by atoms with Crippen LogP contribution in [0.15, 0.2) is 30.3 Å². The summed E-state index contributed by atoms with van der Waals surface area (Å²) in [5, 5.41) is 9.03. The van der Waals surface area contributed by atoms with Crippen LogP contribution in [0.2, 0.25) is 0 Å². The second-order valence-corrected chi connectivity index (χ2v) is 8.55. The number of piperidine rings is 1. The van der Waals surface area contributed by atoms with Gasteiger partial charge in [0.1, 0.15) is 6.54 Å². The van der Waals surface area contributed by atoms with Gasteiger partial charge in [-0.3, -0.25) is 9.59 Å². The van der Waals surface area contributed by atoms with E-state index in [0.717, 1.165) is 0 Å². The molecule has 1 N–H and O–H groups in total. The van der Waals surface area contributed by atoms with Gasteiger partial charge in [-0.1, -0.05) is 30.3 Å². The summed E-state index contributed by atoms with van der Waals surface area (Å²) in [6.45, 7) is 0.416. The maximum Gasteiger partial charge on any atom is 0.323 e. The number of ether oxygens (including phenoxy) is 1. The van der Waals surface area contributed by atoms with Crippen LogP contribution in [0.5, 0.6) is 0 Å². The van der Waals surface area contributed by atoms with Crippen molar-refractivity contribution >= 4 is 21.9 Å². The van der Waals surface area contributed by atoms with Crippen molar-refractivity contribution in [2.45, 2.75) is 18.6 Å². The first-order valence-electron chi connectivity index (χ1n) is 8.84. The molecule has 1 aromatic carbocycles. The molecule has 0 spiro atoms. The van der Waals surface area contributed by atoms with Gasteiger partial charge in [-0.05, 0) is 18.4 Å². The Bertz CT molecular complexity index is 737. The molecule has 1 fully saturated rings. The number of carbonyl (C=O) groups excluding carboxylic acids is 1. The standard InChI is InChI=1S/C18H26N2O6S/c1-26-11-10-19(13-17(21)22)18(23)16-8-5-9-20(12-16)27(24,25)14-15-6-3-2-4-7-15/h2-4,6-7,16H,5,8-14H2,1H3,(H,21,22). The van der Waals surface area contributed by atoms with Crippen LogP contribution in [0.3, 0.4) is 0 Å². The highest BCUT2D eigenvalue weighted by Gasteiger charge is 2.34. The third-order valence-corrected chi connectivity index (χ3v) is 6.34. The van der Waals surface area contributed by atoms with E-state index in [1.807, 2.05) is 6.07 Å². The zero-order valence-electron chi connectivity index (χ0n) is 15.4. The van der Waals surface area contributed by atoms with Gasteiger partial charge in [0, 0.05) is 26.7 Å². The molecule has 1 aliphatic heterocycles. The van der Waals surface area contributed by atoms with Gasteiger partial charge in [0.15, 0.2) is 0 Å². The molecule has 0 bridgehead atoms. The van der Waals surface area contributed by atoms with Crippen LogP contribution in [-0.4, -0.2) is 74.5 Å². The lowest BCUT2D eigenvalue weighted by atomic mass is 9.98. The maximum absolute atomic E-state index is 12.8. The molecule has 1 unspecified atom stereocenters. The van der Waals surface area contributed by atoms with E-state index in [9.17, 15) is 18.0 Å². The van der Waals surface area contributed by atoms with Gasteiger partial charge >= 0.3 is 5.97 Å². The molecule has 2 rings (SSSR count). The fraction of sp³-hybridized carbons (Fsp3) is 0.556. The number of methoxy groups -OCH3 is 1. The van der Waals surface area contributed by atoms with E-state index < -0.39 is 28.5 Å². The Kier molecular flexibility index (Phi) is 7.76. The number of hydrogen-bond donors (Lipinski definition) is 1. The van der Waals surface area contributed by atoms with Gasteiger partial charge in [0.25, 0.3) is 0 Å². The second-order valence-electron chi connectivity index (χ2n) is 6.59. The molecule has 1 saturated heterocycles. The molecule has 1 aromatic rings. The van der Waals surface area contributed by atoms with Crippen molar-refractivity contribution < 1.29 is 27.9 Å². The summed E-state index contributed by atoms with van der Waals surface area (Å²) in [6.07, 6.45) is 1.11. The molecular formula is C18H26N2O6S. The van der Waals surface area contributed by atoms with Crippen LogP contribution in [0.25, 0.3) is 0 Å². The van der Waals surface area contributed by atoms with Crippen molar-refractivity contribution in [1.29, 1.82) is 0 Å². The molecule has 1 heterocycles. The van der Waals surface area contributed by atoms with Crippen LogP contribution >= 0.6 is 0 Å². The Hall–Kier alpha value is -1.97. The SMILES string of the molecule is COCCN(CC(=O)O)C(=O)C1CCCN(S(=O)(=O)Cc2ccccc2)C1. The van der Waals surface area contributed by atoms with Gasteiger partial charge in [-0.25, -0.2) is 12.7 Å². The van der Waals surface area contributed by atoms with Crippen molar-refractivity contribution in [3.63, 3.8) is 0 Å². The number of carboxylic acids is 1. The van der Waals surface area contributed by atoms with Crippen LogP contribution in [-0.2, 0) is 30.1 Å². The number of nitrogens with zero attached hydrogens (tertiary/aromatic N) is 2. The molecule has 0 aromatic heterocycles. The summed E-state index contributed by atoms with van der Waals surface area (Å²) in [6, 6.07) is 8.90. The van der Waals surface area contributed by atoms with Crippen molar-refractivity contribution in [2.24, 2.45) is 5.92 Å². The summed E-state index contributed by atoms with van der Waals surface area (Å²) in [4.78, 5) is 25.0. The van der Waals surface area contributed by atoms with Gasteiger partial charge in [0.05, 0.1) is 18.3 Å². The Balaban J connectivity index is 2.06. The van der Waals surface area contributed by atoms with Gasteiger partial charge in [0.2, 0.25) is 15.9 Å². The predicted molar refractivity (Wildman–Crippen MR) is 99.5 cm³/mol. The molecule has 27 heavy (non-hydrogen) atoms. The van der Waals surface area contributed by atoms with Crippen LogP contribution in [0.1, 0.15) is 18.4 Å². The summed E-state index contributed by atoms with van der Waals surface area (Å²) in [5.74, 6) is -2.10. The van der Waals surface area contributed by atoms with E-state index in [1.165, 1.54) is 16.3 Å². The normalized spacial score (nSPS) is 18.2. The Morgan fingerprint density at radius 1 is 1.30 bits per heavy atom. The largest absolute Gasteiger partial charge is 0.480 e. The molecule has 0 aliphatic carbocycles. The second kappa shape index (κ2) is 9.82. The molecular weight excluding hydrogens is 372 g/mol. The number of rotatable bonds is 9. The first kappa shape index (κ1) is 21.3. The molecule has 0 radical (unpaired) electrons. The van der Waals surface area contributed by atoms with Gasteiger partial charge in [-0.15, -0.1) is 0 Å². The van der Waals surface area contributed by atoms with Crippen molar-refractivity contribution in [3.05, 3.63) is 35.9 Å². The Morgan fingerprint density at radius 2 is 2.00 bits per heavy atom. The molecule has 150 valence electrons. The highest BCUT2D eigenvalue weighted by atomic mass is 32.2. The molecule has 9 heteroatoms. The number of amides is 1. The van der Waals surface area contributed by atoms with Crippen LogP contribution < -0.4 is 0 Å². The number of benzene rings is 1. The van der Waals surface area contributed by atoms with Crippen molar-refractivity contribution in [1.82, 2.24) is 9.21 Å². The van der Waals surface area contributed by atoms with Crippen molar-refractivity contribution in [3.8, 4) is 0 Å². The van der Waals surface area contributed by atoms with Crippen LogP contribution in [0.4, 0.5) is 0 Å². The van der Waals surface area contributed by atoms with Gasteiger partial charge in [-0.2, -0.15) is 0 Å². The number of carbonyl (C=O) groups is 2. The predicted octanol–water partition coefficient (Wildman–Crippen LogP) is 0.788. The fourth-order valence-electron chi connectivity index (χ4n) is 3.16. The minimum absolute atomic E-state index is 0.0805. The minimum atomic E-state index is -3.55. The molecule has 1 amide bonds. The Labute approximate surface area is 159 Å². The first-order valence-corrected chi connectivity index (χ1v) is 10.5. The monoisotopic (exact) mass is 398 g/mol. The third kappa shape index (κ3) is 6.30. The van der Waals surface area contributed by atoms with E-state index >= 15 is 0 Å². The zero-order valence-corrected chi connectivity index (χ0v) is 16.2. The van der Waals surface area contributed by atoms with E-state index in [4.69, 9.17) is 9.84 Å². The summed E-state index contributed by atoms with van der Waals surface area (Å²) in [7, 11) is -2.07. The van der Waals surface area contributed by atoms with E-state index in [0.29, 0.717) is 24.9 Å². The number of hydrogen-bond acceptors (Lipinski definition) is 5. The smallest absolute Gasteiger partial charge is 0.323 e. The van der Waals surface area contributed by atoms with Gasteiger partial charge < -0.3 is 14.7 Å². The van der Waals surface area contributed by atoms with E-state index in [2.05, 4.69) is 0 Å². The highest BCUT2D eigenvalue weighted by molar-refractivity contribution is 7.88. The van der Waals surface area contributed by atoms with Crippen molar-refractivity contribution in [2.75, 3.05) is 39.9 Å². The lowest BCUT2D eigenvalue weighted by Crippen LogP contribution is -2.48. The highest BCUT2D eigenvalue weighted by Crippen LogP contribution is 2.23. The summed E-state index contributed by atoms with van der Waals surface area (Å²) in [5.41, 5.74) is 0.693. The first-order chi connectivity index (χ1) is 12.8. The van der Waals surface area contributed by atoms with Crippen LogP contribution in [0, 0.1) is 5.92 Å². The van der Waals surface area contributed by atoms with E-state index in [1.54, 1.807) is 24.3 Å². The Morgan fingerprint density at radius 3 is 2.63 bits per heavy atom. The summed E-state index contributed by atoms with van der Waals surface area (Å²) >= 11 is 0. The topological polar surface area (TPSA) is 104 Å². The molecule has 0 saturated carbocycles.